The average molecular weight is 242 g/mol. The summed E-state index contributed by atoms with van der Waals surface area (Å²) >= 11 is 0. The molecule has 0 saturated carbocycles. The summed E-state index contributed by atoms with van der Waals surface area (Å²) < 4.78 is 0. The van der Waals surface area contributed by atoms with Crippen LogP contribution in [-0.4, -0.2) is 22.4 Å². The number of hydrogen-bond donors (Lipinski definition) is 2. The molecule has 2 N–H and O–H groups in total. The van der Waals surface area contributed by atoms with E-state index in [4.69, 9.17) is 5.11 Å². The van der Waals surface area contributed by atoms with E-state index < -0.39 is 0 Å². The van der Waals surface area contributed by atoms with Crippen molar-refractivity contribution < 1.29 is 10.2 Å². The largest absolute Gasteiger partial charge is 0.393 e. The molecule has 2 nitrogen and oxygen atoms in total. The van der Waals surface area contributed by atoms with Crippen LogP contribution in [0.5, 0.6) is 0 Å². The van der Waals surface area contributed by atoms with Gasteiger partial charge in [0, 0.05) is 0 Å². The average Bonchev–Trinajstić information content (AvgIpc) is 2.28. The lowest BCUT2D eigenvalue weighted by Gasteiger charge is -2.14. The number of hydrogen-bond acceptors (Lipinski definition) is 2. The second-order valence-electron chi connectivity index (χ2n) is 4.77. The minimum atomic E-state index is -0.192. The summed E-state index contributed by atoms with van der Waals surface area (Å²) in [5.74, 6) is 0.845. The molecule has 0 aromatic rings. The molecule has 0 bridgehead atoms. The third-order valence-electron chi connectivity index (χ3n) is 2.82. The second kappa shape index (κ2) is 11.9. The van der Waals surface area contributed by atoms with Crippen molar-refractivity contribution in [2.24, 2.45) is 11.8 Å². The molecule has 0 heterocycles. The molecule has 4 atom stereocenters. The van der Waals surface area contributed by atoms with Crippen LogP contribution in [0.2, 0.25) is 0 Å². The fourth-order valence-electron chi connectivity index (χ4n) is 1.31. The van der Waals surface area contributed by atoms with E-state index in [1.165, 1.54) is 0 Å². The van der Waals surface area contributed by atoms with Crippen molar-refractivity contribution in [3.05, 3.63) is 25.3 Å². The molecule has 0 fully saturated rings. The maximum absolute atomic E-state index is 9.25. The molecular formula is C15H30O2. The van der Waals surface area contributed by atoms with Gasteiger partial charge in [-0.3, -0.25) is 0 Å². The second-order valence-corrected chi connectivity index (χ2v) is 4.77. The predicted molar refractivity (Wildman–Crippen MR) is 75.9 cm³/mol. The van der Waals surface area contributed by atoms with Gasteiger partial charge in [-0.1, -0.05) is 39.3 Å². The van der Waals surface area contributed by atoms with Crippen molar-refractivity contribution in [2.45, 2.75) is 59.2 Å². The first-order chi connectivity index (χ1) is 7.88. The van der Waals surface area contributed by atoms with E-state index in [-0.39, 0.29) is 12.2 Å². The maximum atomic E-state index is 9.25. The monoisotopic (exact) mass is 242 g/mol. The fraction of sp³-hybridized carbons (Fsp3) is 0.733. The molecule has 0 aromatic carbocycles. The first-order valence-electron chi connectivity index (χ1n) is 6.48. The van der Waals surface area contributed by atoms with Gasteiger partial charge in [0.2, 0.25) is 0 Å². The Morgan fingerprint density at radius 2 is 1.65 bits per heavy atom. The summed E-state index contributed by atoms with van der Waals surface area (Å²) in [6.45, 7) is 15.1. The number of rotatable bonds is 7. The van der Waals surface area contributed by atoms with Gasteiger partial charge in [0.25, 0.3) is 0 Å². The summed E-state index contributed by atoms with van der Waals surface area (Å²) in [5.41, 5.74) is 0. The SMILES string of the molecule is C=CC(C)CC(C)O.C=CCC(O)C(C)CC. The van der Waals surface area contributed by atoms with Gasteiger partial charge in [-0.15, -0.1) is 13.2 Å². The van der Waals surface area contributed by atoms with Crippen LogP contribution >= 0.6 is 0 Å². The molecule has 4 unspecified atom stereocenters. The lowest BCUT2D eigenvalue weighted by Crippen LogP contribution is -2.15. The van der Waals surface area contributed by atoms with E-state index in [2.05, 4.69) is 20.1 Å². The van der Waals surface area contributed by atoms with Crippen LogP contribution in [0.15, 0.2) is 25.3 Å². The highest BCUT2D eigenvalue weighted by Crippen LogP contribution is 2.10. The van der Waals surface area contributed by atoms with E-state index in [0.717, 1.165) is 19.3 Å². The Bertz CT molecular complexity index is 187. The Morgan fingerprint density at radius 3 is 1.88 bits per heavy atom. The van der Waals surface area contributed by atoms with Gasteiger partial charge in [-0.25, -0.2) is 0 Å². The molecule has 0 spiro atoms. The predicted octanol–water partition coefficient (Wildman–Crippen LogP) is 3.55. The third kappa shape index (κ3) is 13.3. The van der Waals surface area contributed by atoms with Crippen LogP contribution in [0.4, 0.5) is 0 Å². The van der Waals surface area contributed by atoms with Crippen LogP contribution in [0.25, 0.3) is 0 Å². The van der Waals surface area contributed by atoms with Crippen LogP contribution in [-0.2, 0) is 0 Å². The molecule has 2 heteroatoms. The summed E-state index contributed by atoms with van der Waals surface area (Å²) in [5, 5.41) is 18.1. The topological polar surface area (TPSA) is 40.5 Å². The molecule has 0 aliphatic rings. The van der Waals surface area contributed by atoms with Crippen molar-refractivity contribution in [3.8, 4) is 0 Å². The van der Waals surface area contributed by atoms with Crippen LogP contribution in [0.1, 0.15) is 47.0 Å². The van der Waals surface area contributed by atoms with Crippen LogP contribution in [0.3, 0.4) is 0 Å². The zero-order valence-corrected chi connectivity index (χ0v) is 11.9. The van der Waals surface area contributed by atoms with Gasteiger partial charge in [0.1, 0.15) is 0 Å². The van der Waals surface area contributed by atoms with Crippen molar-refractivity contribution >= 4 is 0 Å². The molecule has 102 valence electrons. The van der Waals surface area contributed by atoms with Gasteiger partial charge in [-0.05, 0) is 31.6 Å². The van der Waals surface area contributed by atoms with Crippen molar-refractivity contribution in [1.82, 2.24) is 0 Å². The van der Waals surface area contributed by atoms with Crippen LogP contribution in [0, 0.1) is 11.8 Å². The Labute approximate surface area is 107 Å². The van der Waals surface area contributed by atoms with E-state index in [1.807, 2.05) is 19.9 Å². The zero-order chi connectivity index (χ0) is 13.8. The van der Waals surface area contributed by atoms with E-state index in [0.29, 0.717) is 11.8 Å². The molecule has 17 heavy (non-hydrogen) atoms. The number of aliphatic hydroxyl groups is 2. The molecule has 0 radical (unpaired) electrons. The highest BCUT2D eigenvalue weighted by molar-refractivity contribution is 4.76. The number of aliphatic hydroxyl groups excluding tert-OH is 2. The molecule has 0 aliphatic carbocycles. The number of allylic oxidation sites excluding steroid dienone is 1. The summed E-state index contributed by atoms with van der Waals surface area (Å²) in [4.78, 5) is 0. The Hall–Kier alpha value is -0.600. The highest BCUT2D eigenvalue weighted by atomic mass is 16.3. The Morgan fingerprint density at radius 1 is 1.12 bits per heavy atom. The summed E-state index contributed by atoms with van der Waals surface area (Å²) in [6.07, 6.45) is 5.81. The quantitative estimate of drug-likeness (QED) is 0.670. The van der Waals surface area contributed by atoms with Crippen molar-refractivity contribution in [2.75, 3.05) is 0 Å². The first kappa shape index (κ1) is 18.8. The van der Waals surface area contributed by atoms with Crippen molar-refractivity contribution in [1.29, 1.82) is 0 Å². The minimum absolute atomic E-state index is 0.188. The van der Waals surface area contributed by atoms with Gasteiger partial charge in [0.15, 0.2) is 0 Å². The van der Waals surface area contributed by atoms with E-state index >= 15 is 0 Å². The fourth-order valence-corrected chi connectivity index (χ4v) is 1.31. The van der Waals surface area contributed by atoms with Crippen molar-refractivity contribution in [3.63, 3.8) is 0 Å². The smallest absolute Gasteiger partial charge is 0.0599 e. The van der Waals surface area contributed by atoms with Gasteiger partial charge < -0.3 is 10.2 Å². The van der Waals surface area contributed by atoms with E-state index in [1.54, 1.807) is 13.0 Å². The van der Waals surface area contributed by atoms with E-state index in [9.17, 15) is 5.11 Å². The summed E-state index contributed by atoms with van der Waals surface area (Å²) in [6, 6.07) is 0. The molecular weight excluding hydrogens is 212 g/mol. The molecule has 0 saturated heterocycles. The van der Waals surface area contributed by atoms with Crippen LogP contribution < -0.4 is 0 Å². The Kier molecular flexibility index (Phi) is 13.1. The normalized spacial score (nSPS) is 17.1. The van der Waals surface area contributed by atoms with Gasteiger partial charge in [0.05, 0.1) is 12.2 Å². The zero-order valence-electron chi connectivity index (χ0n) is 11.9. The molecule has 0 aliphatic heterocycles. The Balaban J connectivity index is 0. The first-order valence-corrected chi connectivity index (χ1v) is 6.48. The third-order valence-corrected chi connectivity index (χ3v) is 2.82. The molecule has 0 rings (SSSR count). The minimum Gasteiger partial charge on any atom is -0.393 e. The molecule has 0 amide bonds. The lowest BCUT2D eigenvalue weighted by molar-refractivity contribution is 0.117. The molecule has 0 aromatic heterocycles. The maximum Gasteiger partial charge on any atom is 0.0599 e. The van der Waals surface area contributed by atoms with Gasteiger partial charge >= 0.3 is 0 Å². The summed E-state index contributed by atoms with van der Waals surface area (Å²) in [7, 11) is 0. The lowest BCUT2D eigenvalue weighted by atomic mass is 10.00. The van der Waals surface area contributed by atoms with Gasteiger partial charge in [-0.2, -0.15) is 0 Å². The highest BCUT2D eigenvalue weighted by Gasteiger charge is 2.08. The standard InChI is InChI=1S/C8H16O.C7H14O/c1-4-6-8(9)7(3)5-2;1-4-6(2)5-7(3)8/h4,7-9H,1,5-6H2,2-3H3;4,6-8H,1,5H2,2-3H3.